The van der Waals surface area contributed by atoms with Crippen molar-refractivity contribution in [1.82, 2.24) is 14.8 Å². The van der Waals surface area contributed by atoms with E-state index in [1.807, 2.05) is 29.2 Å². The minimum atomic E-state index is -0.107. The van der Waals surface area contributed by atoms with Crippen LogP contribution >= 0.6 is 11.6 Å². The number of anilines is 1. The van der Waals surface area contributed by atoms with Gasteiger partial charge in [0, 0.05) is 43.0 Å². The van der Waals surface area contributed by atoms with Crippen LogP contribution in [0.5, 0.6) is 5.75 Å². The minimum Gasteiger partial charge on any atom is -0.497 e. The second-order valence-electron chi connectivity index (χ2n) is 6.64. The Labute approximate surface area is 167 Å². The van der Waals surface area contributed by atoms with Gasteiger partial charge in [-0.25, -0.2) is 9.78 Å². The standard InChI is InChI=1S/C20H21ClN4O3/c1-27-16-4-2-3-15(12-16)22-20(26)25-9-7-24(8-10-25)13-19-23-17-11-14(21)5-6-18(17)28-19/h2-6,11-12H,7-10,13H2,1H3,(H,22,26). The number of benzene rings is 2. The van der Waals surface area contributed by atoms with Crippen LogP contribution in [0.4, 0.5) is 10.5 Å². The molecule has 0 atom stereocenters. The summed E-state index contributed by atoms with van der Waals surface area (Å²) in [5.41, 5.74) is 2.21. The monoisotopic (exact) mass is 400 g/mol. The van der Waals surface area contributed by atoms with Crippen molar-refractivity contribution in [2.24, 2.45) is 0 Å². The summed E-state index contributed by atoms with van der Waals surface area (Å²) in [5, 5.41) is 3.56. The number of oxazole rings is 1. The molecule has 1 N–H and O–H groups in total. The maximum absolute atomic E-state index is 12.5. The Kier molecular flexibility index (Phi) is 5.36. The van der Waals surface area contributed by atoms with Crippen LogP contribution in [0.25, 0.3) is 11.1 Å². The minimum absolute atomic E-state index is 0.107. The number of carbonyl (C=O) groups excluding carboxylic acids is 1. The number of urea groups is 1. The molecule has 8 heteroatoms. The van der Waals surface area contributed by atoms with Crippen LogP contribution in [0.1, 0.15) is 5.89 Å². The molecule has 0 aliphatic carbocycles. The Hall–Kier alpha value is -2.77. The van der Waals surface area contributed by atoms with Gasteiger partial charge in [-0.1, -0.05) is 17.7 Å². The Morgan fingerprint density at radius 2 is 2.04 bits per heavy atom. The highest BCUT2D eigenvalue weighted by Crippen LogP contribution is 2.21. The molecule has 1 aromatic heterocycles. The molecule has 0 unspecified atom stereocenters. The zero-order valence-corrected chi connectivity index (χ0v) is 16.3. The van der Waals surface area contributed by atoms with Crippen LogP contribution in [0, 0.1) is 0 Å². The van der Waals surface area contributed by atoms with Crippen LogP contribution < -0.4 is 10.1 Å². The number of aromatic nitrogens is 1. The fraction of sp³-hybridized carbons (Fsp3) is 0.300. The van der Waals surface area contributed by atoms with Crippen molar-refractivity contribution in [3.05, 3.63) is 53.4 Å². The van der Waals surface area contributed by atoms with Gasteiger partial charge in [-0.3, -0.25) is 4.90 Å². The maximum atomic E-state index is 12.5. The molecular formula is C20H21ClN4O3. The van der Waals surface area contributed by atoms with Gasteiger partial charge in [-0.15, -0.1) is 0 Å². The molecule has 1 saturated heterocycles. The number of hydrogen-bond acceptors (Lipinski definition) is 5. The molecule has 3 aromatic rings. The van der Waals surface area contributed by atoms with Crippen molar-refractivity contribution in [2.45, 2.75) is 6.54 Å². The first-order valence-corrected chi connectivity index (χ1v) is 9.46. The summed E-state index contributed by atoms with van der Waals surface area (Å²) in [6, 6.07) is 12.6. The summed E-state index contributed by atoms with van der Waals surface area (Å²) < 4.78 is 11.0. The average Bonchev–Trinajstić information content (AvgIpc) is 3.10. The van der Waals surface area contributed by atoms with Gasteiger partial charge in [0.15, 0.2) is 5.58 Å². The lowest BCUT2D eigenvalue weighted by Gasteiger charge is -2.34. The summed E-state index contributed by atoms with van der Waals surface area (Å²) >= 11 is 6.00. The first-order valence-electron chi connectivity index (χ1n) is 9.08. The van der Waals surface area contributed by atoms with Crippen LogP contribution in [-0.2, 0) is 6.54 Å². The molecule has 146 valence electrons. The SMILES string of the molecule is COc1cccc(NC(=O)N2CCN(Cc3nc4cc(Cl)ccc4o3)CC2)c1. The largest absolute Gasteiger partial charge is 0.497 e. The summed E-state index contributed by atoms with van der Waals surface area (Å²) in [4.78, 5) is 21.0. The number of nitrogens with zero attached hydrogens (tertiary/aromatic N) is 3. The highest BCUT2D eigenvalue weighted by atomic mass is 35.5. The summed E-state index contributed by atoms with van der Waals surface area (Å²) in [5.74, 6) is 1.37. The smallest absolute Gasteiger partial charge is 0.321 e. The van der Waals surface area contributed by atoms with E-state index in [4.69, 9.17) is 20.8 Å². The van der Waals surface area contributed by atoms with Gasteiger partial charge in [0.05, 0.1) is 13.7 Å². The fourth-order valence-electron chi connectivity index (χ4n) is 3.22. The van der Waals surface area contributed by atoms with E-state index in [0.29, 0.717) is 36.3 Å². The number of hydrogen-bond donors (Lipinski definition) is 1. The molecule has 2 aromatic carbocycles. The zero-order chi connectivity index (χ0) is 19.5. The first-order chi connectivity index (χ1) is 13.6. The molecule has 7 nitrogen and oxygen atoms in total. The van der Waals surface area contributed by atoms with E-state index in [2.05, 4.69) is 15.2 Å². The number of halogens is 1. The fourth-order valence-corrected chi connectivity index (χ4v) is 3.39. The number of carbonyl (C=O) groups is 1. The topological polar surface area (TPSA) is 70.8 Å². The highest BCUT2D eigenvalue weighted by molar-refractivity contribution is 6.31. The lowest BCUT2D eigenvalue weighted by molar-refractivity contribution is 0.136. The molecule has 28 heavy (non-hydrogen) atoms. The number of rotatable bonds is 4. The number of methoxy groups -OCH3 is 1. The van der Waals surface area contributed by atoms with Gasteiger partial charge in [-0.2, -0.15) is 0 Å². The highest BCUT2D eigenvalue weighted by Gasteiger charge is 2.22. The second kappa shape index (κ2) is 8.08. The van der Waals surface area contributed by atoms with Gasteiger partial charge in [0.25, 0.3) is 0 Å². The summed E-state index contributed by atoms with van der Waals surface area (Å²) in [6.45, 7) is 3.40. The predicted molar refractivity (Wildman–Crippen MR) is 108 cm³/mol. The van der Waals surface area contributed by atoms with Crippen LogP contribution in [0.2, 0.25) is 5.02 Å². The van der Waals surface area contributed by atoms with Crippen LogP contribution in [-0.4, -0.2) is 54.1 Å². The zero-order valence-electron chi connectivity index (χ0n) is 15.5. The molecule has 0 saturated carbocycles. The van der Waals surface area contributed by atoms with Crippen molar-refractivity contribution >= 4 is 34.4 Å². The third-order valence-electron chi connectivity index (χ3n) is 4.73. The molecule has 0 bridgehead atoms. The average molecular weight is 401 g/mol. The van der Waals surface area contributed by atoms with Gasteiger partial charge < -0.3 is 19.4 Å². The van der Waals surface area contributed by atoms with Crippen molar-refractivity contribution in [3.8, 4) is 5.75 Å². The van der Waals surface area contributed by atoms with E-state index in [0.717, 1.165) is 29.9 Å². The third-order valence-corrected chi connectivity index (χ3v) is 4.97. The molecule has 1 aliphatic heterocycles. The van der Waals surface area contributed by atoms with Gasteiger partial charge >= 0.3 is 6.03 Å². The van der Waals surface area contributed by atoms with Crippen molar-refractivity contribution in [3.63, 3.8) is 0 Å². The Morgan fingerprint density at radius 1 is 1.21 bits per heavy atom. The Balaban J connectivity index is 1.31. The van der Waals surface area contributed by atoms with Crippen molar-refractivity contribution < 1.29 is 13.9 Å². The van der Waals surface area contributed by atoms with Gasteiger partial charge in [-0.05, 0) is 30.3 Å². The predicted octanol–water partition coefficient (Wildman–Crippen LogP) is 3.84. The third kappa shape index (κ3) is 4.21. The maximum Gasteiger partial charge on any atom is 0.321 e. The van der Waals surface area contributed by atoms with Crippen molar-refractivity contribution in [2.75, 3.05) is 38.6 Å². The quantitative estimate of drug-likeness (QED) is 0.720. The molecule has 0 spiro atoms. The molecule has 2 amide bonds. The number of amides is 2. The van der Waals surface area contributed by atoms with E-state index in [1.54, 1.807) is 25.3 Å². The number of fused-ring (bicyclic) bond motifs is 1. The van der Waals surface area contributed by atoms with Crippen LogP contribution in [0.3, 0.4) is 0 Å². The lowest BCUT2D eigenvalue weighted by atomic mass is 10.3. The summed E-state index contributed by atoms with van der Waals surface area (Å²) in [6.07, 6.45) is 0. The van der Waals surface area contributed by atoms with E-state index in [9.17, 15) is 4.79 Å². The number of piperazine rings is 1. The number of nitrogens with one attached hydrogen (secondary N) is 1. The molecule has 1 fully saturated rings. The second-order valence-corrected chi connectivity index (χ2v) is 7.08. The van der Waals surface area contributed by atoms with Gasteiger partial charge in [0.2, 0.25) is 5.89 Å². The molecule has 4 rings (SSSR count). The van der Waals surface area contributed by atoms with E-state index in [-0.39, 0.29) is 6.03 Å². The Bertz CT molecular complexity index is 982. The van der Waals surface area contributed by atoms with E-state index < -0.39 is 0 Å². The molecule has 2 heterocycles. The lowest BCUT2D eigenvalue weighted by Crippen LogP contribution is -2.49. The summed E-state index contributed by atoms with van der Waals surface area (Å²) in [7, 11) is 1.60. The van der Waals surface area contributed by atoms with Gasteiger partial charge in [0.1, 0.15) is 11.3 Å². The first kappa shape index (κ1) is 18.6. The van der Waals surface area contributed by atoms with E-state index in [1.165, 1.54) is 0 Å². The number of ether oxygens (including phenoxy) is 1. The molecular weight excluding hydrogens is 380 g/mol. The van der Waals surface area contributed by atoms with E-state index >= 15 is 0 Å². The Morgan fingerprint density at radius 3 is 2.82 bits per heavy atom. The normalized spacial score (nSPS) is 15.0. The molecule has 1 aliphatic rings. The molecule has 0 radical (unpaired) electrons. The van der Waals surface area contributed by atoms with Crippen LogP contribution in [0.15, 0.2) is 46.9 Å². The van der Waals surface area contributed by atoms with Crippen molar-refractivity contribution in [1.29, 1.82) is 0 Å².